The van der Waals surface area contributed by atoms with Gasteiger partial charge >= 0.3 is 6.09 Å². The molecule has 1 amide bonds. The van der Waals surface area contributed by atoms with E-state index in [2.05, 4.69) is 6.92 Å². The number of rotatable bonds is 6. The molecule has 0 aliphatic rings. The number of halogens is 1. The Bertz CT molecular complexity index is 365. The molecule has 18 heavy (non-hydrogen) atoms. The third-order valence-electron chi connectivity index (χ3n) is 2.60. The van der Waals surface area contributed by atoms with E-state index in [4.69, 9.17) is 16.3 Å². The largest absolute Gasteiger partial charge is 0.450 e. The molecule has 0 saturated heterocycles. The SMILES string of the molecule is CCCN(CCc1ccc(Cl)cc1)C(=O)OCC. The fourth-order valence-corrected chi connectivity index (χ4v) is 1.82. The highest BCUT2D eigenvalue weighted by molar-refractivity contribution is 6.30. The summed E-state index contributed by atoms with van der Waals surface area (Å²) >= 11 is 5.83. The lowest BCUT2D eigenvalue weighted by Gasteiger charge is -2.21. The molecule has 0 radical (unpaired) electrons. The summed E-state index contributed by atoms with van der Waals surface area (Å²) in [4.78, 5) is 13.4. The van der Waals surface area contributed by atoms with E-state index in [1.54, 1.807) is 4.90 Å². The fourth-order valence-electron chi connectivity index (χ4n) is 1.69. The molecule has 0 aliphatic heterocycles. The Kier molecular flexibility index (Phi) is 6.58. The highest BCUT2D eigenvalue weighted by Crippen LogP contribution is 2.10. The lowest BCUT2D eigenvalue weighted by atomic mass is 10.1. The maximum atomic E-state index is 11.7. The van der Waals surface area contributed by atoms with Crippen molar-refractivity contribution in [1.29, 1.82) is 0 Å². The summed E-state index contributed by atoms with van der Waals surface area (Å²) in [5.41, 5.74) is 1.17. The summed E-state index contributed by atoms with van der Waals surface area (Å²) in [7, 11) is 0. The van der Waals surface area contributed by atoms with Gasteiger partial charge in [0.25, 0.3) is 0 Å². The van der Waals surface area contributed by atoms with Gasteiger partial charge in [0, 0.05) is 18.1 Å². The first-order valence-corrected chi connectivity index (χ1v) is 6.71. The molecule has 0 spiro atoms. The van der Waals surface area contributed by atoms with E-state index >= 15 is 0 Å². The second-order valence-electron chi connectivity index (χ2n) is 4.06. The van der Waals surface area contributed by atoms with Crippen LogP contribution >= 0.6 is 11.6 Å². The van der Waals surface area contributed by atoms with Crippen LogP contribution in [-0.4, -0.2) is 30.7 Å². The van der Waals surface area contributed by atoms with Crippen LogP contribution < -0.4 is 0 Å². The van der Waals surface area contributed by atoms with Crippen molar-refractivity contribution < 1.29 is 9.53 Å². The normalized spacial score (nSPS) is 10.2. The number of amides is 1. The zero-order chi connectivity index (χ0) is 13.4. The maximum Gasteiger partial charge on any atom is 0.409 e. The standard InChI is InChI=1S/C14H20ClNO2/c1-3-10-16(14(17)18-4-2)11-9-12-5-7-13(15)8-6-12/h5-8H,3-4,9-11H2,1-2H3. The molecule has 100 valence electrons. The van der Waals surface area contributed by atoms with Gasteiger partial charge in [-0.15, -0.1) is 0 Å². The van der Waals surface area contributed by atoms with Crippen molar-refractivity contribution in [2.45, 2.75) is 26.7 Å². The molecule has 3 nitrogen and oxygen atoms in total. The Hall–Kier alpha value is -1.22. The van der Waals surface area contributed by atoms with Gasteiger partial charge in [-0.3, -0.25) is 0 Å². The molecule has 0 aromatic heterocycles. The monoisotopic (exact) mass is 269 g/mol. The molecular weight excluding hydrogens is 250 g/mol. The lowest BCUT2D eigenvalue weighted by molar-refractivity contribution is 0.107. The van der Waals surface area contributed by atoms with Gasteiger partial charge in [-0.25, -0.2) is 4.79 Å². The van der Waals surface area contributed by atoms with Crippen molar-refractivity contribution in [1.82, 2.24) is 4.90 Å². The minimum atomic E-state index is -0.228. The van der Waals surface area contributed by atoms with Gasteiger partial charge in [0.2, 0.25) is 0 Å². The molecule has 0 atom stereocenters. The van der Waals surface area contributed by atoms with Crippen LogP contribution in [0.5, 0.6) is 0 Å². The number of ether oxygens (including phenoxy) is 1. The number of nitrogens with zero attached hydrogens (tertiary/aromatic N) is 1. The maximum absolute atomic E-state index is 11.7. The van der Waals surface area contributed by atoms with Gasteiger partial charge in [-0.05, 0) is 37.5 Å². The number of benzene rings is 1. The quantitative estimate of drug-likeness (QED) is 0.787. The molecule has 0 saturated carbocycles. The van der Waals surface area contributed by atoms with Gasteiger partial charge in [-0.1, -0.05) is 30.7 Å². The lowest BCUT2D eigenvalue weighted by Crippen LogP contribution is -2.34. The molecule has 1 aromatic rings. The van der Waals surface area contributed by atoms with Gasteiger partial charge < -0.3 is 9.64 Å². The van der Waals surface area contributed by atoms with Crippen molar-refractivity contribution in [2.75, 3.05) is 19.7 Å². The number of hydrogen-bond acceptors (Lipinski definition) is 2. The number of carbonyl (C=O) groups is 1. The predicted molar refractivity (Wildman–Crippen MR) is 74.0 cm³/mol. The Morgan fingerprint density at radius 2 is 1.89 bits per heavy atom. The van der Waals surface area contributed by atoms with E-state index in [1.165, 1.54) is 5.56 Å². The third kappa shape index (κ3) is 4.96. The van der Waals surface area contributed by atoms with Gasteiger partial charge in [-0.2, -0.15) is 0 Å². The Morgan fingerprint density at radius 1 is 1.22 bits per heavy atom. The highest BCUT2D eigenvalue weighted by atomic mass is 35.5. The molecule has 0 unspecified atom stereocenters. The van der Waals surface area contributed by atoms with Crippen LogP contribution in [0.15, 0.2) is 24.3 Å². The van der Waals surface area contributed by atoms with Crippen LogP contribution in [0.1, 0.15) is 25.8 Å². The molecule has 0 N–H and O–H groups in total. The van der Waals surface area contributed by atoms with Gasteiger partial charge in [0.05, 0.1) is 6.61 Å². The van der Waals surface area contributed by atoms with Crippen LogP contribution in [0.25, 0.3) is 0 Å². The van der Waals surface area contributed by atoms with Crippen LogP contribution in [0.3, 0.4) is 0 Å². The van der Waals surface area contributed by atoms with Gasteiger partial charge in [0.1, 0.15) is 0 Å². The van der Waals surface area contributed by atoms with Gasteiger partial charge in [0.15, 0.2) is 0 Å². The summed E-state index contributed by atoms with van der Waals surface area (Å²) in [6.07, 6.45) is 1.52. The zero-order valence-corrected chi connectivity index (χ0v) is 11.7. The predicted octanol–water partition coefficient (Wildman–Crippen LogP) is 3.75. The summed E-state index contributed by atoms with van der Waals surface area (Å²) in [5.74, 6) is 0. The average Bonchev–Trinajstić information content (AvgIpc) is 2.36. The summed E-state index contributed by atoms with van der Waals surface area (Å²) < 4.78 is 5.03. The second kappa shape index (κ2) is 7.98. The summed E-state index contributed by atoms with van der Waals surface area (Å²) in [6, 6.07) is 7.70. The average molecular weight is 270 g/mol. The summed E-state index contributed by atoms with van der Waals surface area (Å²) in [5, 5.41) is 0.731. The van der Waals surface area contributed by atoms with Crippen LogP contribution in [0.4, 0.5) is 4.79 Å². The molecular formula is C14H20ClNO2. The Labute approximate surface area is 114 Å². The van der Waals surface area contributed by atoms with Crippen LogP contribution in [0.2, 0.25) is 5.02 Å². The van der Waals surface area contributed by atoms with Crippen molar-refractivity contribution in [2.24, 2.45) is 0 Å². The smallest absolute Gasteiger partial charge is 0.409 e. The fraction of sp³-hybridized carbons (Fsp3) is 0.500. The number of hydrogen-bond donors (Lipinski definition) is 0. The first kappa shape index (κ1) is 14.8. The molecule has 1 rings (SSSR count). The van der Waals surface area contributed by atoms with E-state index in [1.807, 2.05) is 31.2 Å². The Morgan fingerprint density at radius 3 is 2.44 bits per heavy atom. The summed E-state index contributed by atoms with van der Waals surface area (Å²) in [6.45, 7) is 5.69. The van der Waals surface area contributed by atoms with Crippen LogP contribution in [0, 0.1) is 0 Å². The molecule has 0 fully saturated rings. The topological polar surface area (TPSA) is 29.5 Å². The zero-order valence-electron chi connectivity index (χ0n) is 11.0. The van der Waals surface area contributed by atoms with E-state index in [-0.39, 0.29) is 6.09 Å². The highest BCUT2D eigenvalue weighted by Gasteiger charge is 2.12. The van der Waals surface area contributed by atoms with E-state index < -0.39 is 0 Å². The van der Waals surface area contributed by atoms with E-state index in [0.29, 0.717) is 13.2 Å². The van der Waals surface area contributed by atoms with Crippen molar-refractivity contribution in [3.05, 3.63) is 34.9 Å². The minimum Gasteiger partial charge on any atom is -0.450 e. The van der Waals surface area contributed by atoms with Crippen LogP contribution in [-0.2, 0) is 11.2 Å². The van der Waals surface area contributed by atoms with Crippen molar-refractivity contribution in [3.8, 4) is 0 Å². The first-order valence-electron chi connectivity index (χ1n) is 6.33. The third-order valence-corrected chi connectivity index (χ3v) is 2.86. The molecule has 4 heteroatoms. The van der Waals surface area contributed by atoms with Crippen molar-refractivity contribution >= 4 is 17.7 Å². The van der Waals surface area contributed by atoms with Crippen molar-refractivity contribution in [3.63, 3.8) is 0 Å². The first-order chi connectivity index (χ1) is 8.67. The van der Waals surface area contributed by atoms with E-state index in [0.717, 1.165) is 24.4 Å². The number of carbonyl (C=O) groups excluding carboxylic acids is 1. The Balaban J connectivity index is 2.51. The molecule has 1 aromatic carbocycles. The molecule has 0 bridgehead atoms. The second-order valence-corrected chi connectivity index (χ2v) is 4.50. The van der Waals surface area contributed by atoms with E-state index in [9.17, 15) is 4.79 Å². The molecule has 0 heterocycles. The molecule has 0 aliphatic carbocycles. The minimum absolute atomic E-state index is 0.228.